The fourth-order valence-corrected chi connectivity index (χ4v) is 4.61. The molecule has 3 heterocycles. The van der Waals surface area contributed by atoms with Crippen LogP contribution in [0.5, 0.6) is 0 Å². The van der Waals surface area contributed by atoms with Crippen LogP contribution in [-0.2, 0) is 11.3 Å². The van der Waals surface area contributed by atoms with Crippen LogP contribution in [0.2, 0.25) is 0 Å². The summed E-state index contributed by atoms with van der Waals surface area (Å²) in [5.74, 6) is 0.149. The Kier molecular flexibility index (Phi) is 8.57. The predicted octanol–water partition coefficient (Wildman–Crippen LogP) is 0.815. The molecular weight excluding hydrogens is 472 g/mol. The molecule has 0 bridgehead atoms. The first-order valence-corrected chi connectivity index (χ1v) is 13.0. The van der Waals surface area contributed by atoms with E-state index in [4.69, 9.17) is 11.5 Å². The molecule has 1 aromatic carbocycles. The number of nitrogens with two attached hydrogens (primary N) is 2. The predicted molar refractivity (Wildman–Crippen MR) is 142 cm³/mol. The average molecular weight is 511 g/mol. The van der Waals surface area contributed by atoms with Crippen LogP contribution in [0.3, 0.4) is 0 Å². The lowest BCUT2D eigenvalue weighted by atomic mass is 10.0. The highest BCUT2D eigenvalue weighted by Gasteiger charge is 2.28. The molecule has 4 rings (SSSR count). The van der Waals surface area contributed by atoms with Crippen LogP contribution in [-0.4, -0.2) is 87.5 Å². The number of nitrogens with one attached hydrogen (secondary N) is 1. The Bertz CT molecular complexity index is 1130. The van der Waals surface area contributed by atoms with Crippen LogP contribution in [0.15, 0.2) is 41.3 Å². The normalized spacial score (nSPS) is 18.2. The second-order valence-electron chi connectivity index (χ2n) is 10.3. The number of piperidine rings is 1. The molecule has 2 aliphatic rings. The highest BCUT2D eigenvalue weighted by atomic mass is 16.2. The lowest BCUT2D eigenvalue weighted by Crippen LogP contribution is -2.56. The van der Waals surface area contributed by atoms with E-state index < -0.39 is 11.7 Å². The van der Waals surface area contributed by atoms with Crippen molar-refractivity contribution in [1.82, 2.24) is 24.3 Å². The second kappa shape index (κ2) is 11.8. The third kappa shape index (κ3) is 6.73. The van der Waals surface area contributed by atoms with Gasteiger partial charge in [-0.05, 0) is 55.6 Å². The Labute approximate surface area is 217 Å². The van der Waals surface area contributed by atoms with Crippen LogP contribution in [0.25, 0.3) is 5.69 Å². The highest BCUT2D eigenvalue weighted by Crippen LogP contribution is 2.15. The summed E-state index contributed by atoms with van der Waals surface area (Å²) in [5, 5.41) is 2.69. The molecule has 0 radical (unpaired) electrons. The summed E-state index contributed by atoms with van der Waals surface area (Å²) in [7, 11) is 0. The fourth-order valence-electron chi connectivity index (χ4n) is 4.61. The van der Waals surface area contributed by atoms with Crippen LogP contribution < -0.4 is 22.5 Å². The molecule has 2 aromatic rings. The van der Waals surface area contributed by atoms with Crippen LogP contribution in [0.4, 0.5) is 10.6 Å². The number of nitrogens with zero attached hydrogens (tertiary/aromatic N) is 5. The van der Waals surface area contributed by atoms with Gasteiger partial charge in [0.15, 0.2) is 0 Å². The number of piperazine rings is 1. The molecule has 0 spiro atoms. The largest absolute Gasteiger partial charge is 0.354 e. The molecule has 3 amide bonds. The topological polar surface area (TPSA) is 143 Å². The number of urea groups is 1. The quantitative estimate of drug-likeness (QED) is 0.522. The van der Waals surface area contributed by atoms with E-state index in [9.17, 15) is 14.4 Å². The maximum atomic E-state index is 12.7. The summed E-state index contributed by atoms with van der Waals surface area (Å²) in [4.78, 5) is 47.5. The van der Waals surface area contributed by atoms with Gasteiger partial charge in [0.05, 0.1) is 11.7 Å². The third-order valence-corrected chi connectivity index (χ3v) is 7.17. The van der Waals surface area contributed by atoms with Crippen molar-refractivity contribution in [1.29, 1.82) is 0 Å². The van der Waals surface area contributed by atoms with Crippen molar-refractivity contribution in [2.24, 2.45) is 17.4 Å². The zero-order chi connectivity index (χ0) is 26.5. The van der Waals surface area contributed by atoms with E-state index in [0.29, 0.717) is 37.9 Å². The summed E-state index contributed by atoms with van der Waals surface area (Å²) in [6.07, 6.45) is 3.64. The Morgan fingerprint density at radius 1 is 1.00 bits per heavy atom. The molecule has 0 unspecified atom stereocenters. The fraction of sp³-hybridized carbons (Fsp3) is 0.538. The summed E-state index contributed by atoms with van der Waals surface area (Å²) in [5.41, 5.74) is 13.4. The van der Waals surface area contributed by atoms with Gasteiger partial charge in [0.25, 0.3) is 0 Å². The summed E-state index contributed by atoms with van der Waals surface area (Å²) in [6, 6.07) is 8.85. The smallest absolute Gasteiger partial charge is 0.338 e. The molecule has 37 heavy (non-hydrogen) atoms. The van der Waals surface area contributed by atoms with Gasteiger partial charge in [-0.25, -0.2) is 9.59 Å². The molecule has 1 atom stereocenters. The van der Waals surface area contributed by atoms with E-state index in [0.717, 1.165) is 32.5 Å². The highest BCUT2D eigenvalue weighted by molar-refractivity contribution is 5.88. The lowest BCUT2D eigenvalue weighted by molar-refractivity contribution is -0.134. The van der Waals surface area contributed by atoms with Crippen molar-refractivity contribution in [3.05, 3.63) is 52.6 Å². The molecule has 5 N–H and O–H groups in total. The number of carbonyl (C=O) groups excluding carboxylic acids is 2. The van der Waals surface area contributed by atoms with Crippen LogP contribution >= 0.6 is 0 Å². The minimum absolute atomic E-state index is 0.0550. The number of hydrogen-bond donors (Lipinski definition) is 3. The molecule has 200 valence electrons. The zero-order valence-electron chi connectivity index (χ0n) is 21.7. The van der Waals surface area contributed by atoms with Gasteiger partial charge in [0.1, 0.15) is 5.82 Å². The van der Waals surface area contributed by atoms with Gasteiger partial charge in [0, 0.05) is 45.0 Å². The minimum atomic E-state index is -0.540. The zero-order valence-corrected chi connectivity index (χ0v) is 21.7. The van der Waals surface area contributed by atoms with E-state index in [2.05, 4.69) is 15.2 Å². The van der Waals surface area contributed by atoms with Crippen LogP contribution in [0.1, 0.15) is 32.3 Å². The Balaban J connectivity index is 1.31. The van der Waals surface area contributed by atoms with Crippen molar-refractivity contribution < 1.29 is 9.59 Å². The molecule has 2 fully saturated rings. The van der Waals surface area contributed by atoms with Gasteiger partial charge in [0.2, 0.25) is 5.91 Å². The molecular formula is C26H38N8O3. The second-order valence-corrected chi connectivity index (χ2v) is 10.3. The number of aromatic nitrogens is 2. The van der Waals surface area contributed by atoms with Crippen molar-refractivity contribution >= 4 is 17.8 Å². The number of anilines is 1. The number of rotatable bonds is 6. The van der Waals surface area contributed by atoms with E-state index >= 15 is 0 Å². The van der Waals surface area contributed by atoms with Gasteiger partial charge < -0.3 is 21.3 Å². The van der Waals surface area contributed by atoms with E-state index in [1.165, 1.54) is 10.1 Å². The molecule has 1 aromatic heterocycles. The van der Waals surface area contributed by atoms with Crippen molar-refractivity contribution in [2.45, 2.75) is 45.3 Å². The first kappa shape index (κ1) is 26.8. The first-order chi connectivity index (χ1) is 17.7. The molecule has 0 aliphatic carbocycles. The number of benzene rings is 1. The third-order valence-electron chi connectivity index (χ3n) is 7.17. The Morgan fingerprint density at radius 3 is 2.22 bits per heavy atom. The number of hydrogen-bond acceptors (Lipinski definition) is 7. The maximum Gasteiger partial charge on any atom is 0.354 e. The maximum absolute atomic E-state index is 12.7. The van der Waals surface area contributed by atoms with Crippen molar-refractivity contribution in [3.63, 3.8) is 0 Å². The minimum Gasteiger partial charge on any atom is -0.338 e. The van der Waals surface area contributed by atoms with E-state index in [1.807, 2.05) is 38.1 Å². The van der Waals surface area contributed by atoms with Crippen molar-refractivity contribution in [3.8, 4) is 5.69 Å². The number of amides is 3. The SMILES string of the molecule is CC(C)[C@H](N)C(=O)N1CCN(C(=O)Nc2ccn(-c3ccc(CN4CCC(N)CC4)cc3)c(=O)n2)CC1. The average Bonchev–Trinajstić information content (AvgIpc) is 2.90. The van der Waals surface area contributed by atoms with Gasteiger partial charge in [-0.15, -0.1) is 0 Å². The van der Waals surface area contributed by atoms with Crippen molar-refractivity contribution in [2.75, 3.05) is 44.6 Å². The summed E-state index contributed by atoms with van der Waals surface area (Å²) < 4.78 is 1.45. The van der Waals surface area contributed by atoms with E-state index in [-0.39, 0.29) is 23.7 Å². The Morgan fingerprint density at radius 2 is 1.62 bits per heavy atom. The summed E-state index contributed by atoms with van der Waals surface area (Å²) >= 11 is 0. The number of likely N-dealkylation sites (tertiary alicyclic amines) is 1. The van der Waals surface area contributed by atoms with Gasteiger partial charge >= 0.3 is 11.7 Å². The summed E-state index contributed by atoms with van der Waals surface area (Å²) in [6.45, 7) is 8.29. The molecule has 0 saturated carbocycles. The molecule has 11 nitrogen and oxygen atoms in total. The van der Waals surface area contributed by atoms with Crippen LogP contribution in [0, 0.1) is 5.92 Å². The van der Waals surface area contributed by atoms with Gasteiger partial charge in [-0.1, -0.05) is 26.0 Å². The molecule has 2 aliphatic heterocycles. The lowest BCUT2D eigenvalue weighted by Gasteiger charge is -2.36. The molecule has 11 heteroatoms. The first-order valence-electron chi connectivity index (χ1n) is 13.0. The van der Waals surface area contributed by atoms with Gasteiger partial charge in [-0.2, -0.15) is 4.98 Å². The number of carbonyl (C=O) groups is 2. The monoisotopic (exact) mass is 510 g/mol. The molecule has 2 saturated heterocycles. The Hall–Kier alpha value is -3.28. The van der Waals surface area contributed by atoms with E-state index in [1.54, 1.807) is 22.1 Å². The van der Waals surface area contributed by atoms with Gasteiger partial charge in [-0.3, -0.25) is 19.6 Å². The standard InChI is InChI=1S/C26H38N8O3/c1-18(2)23(28)24(35)32-13-15-33(16-14-32)25(36)29-22-9-12-34(26(37)30-22)21-5-3-19(4-6-21)17-31-10-7-20(27)8-11-31/h3-6,9,12,18,20,23H,7-8,10-11,13-17,27-28H2,1-2H3,(H,29,30,36,37)/t23-/m0/s1.